The number of hydrazine groups is 1. The highest BCUT2D eigenvalue weighted by atomic mass is 79.9. The standard InChI is InChI=1S/C34H38BrN3O8/c1-33(2,3)46-29(40)15-16-34(32(41)38-36-20-22-9-14-27-28(19-22)44-21-43-27)30(25-7-4-5-8-26(25)35)45-31(37-34)23-10-12-24(13-11-23)42-18-6-17-39/h4-5,7-14,19,30,36,39H,6,15-18,20-21H2,1-3H3,(H,38,41)/t30-,34-/m0/s1. The summed E-state index contributed by atoms with van der Waals surface area (Å²) in [6, 6.07) is 20.1. The molecule has 2 aliphatic rings. The van der Waals surface area contributed by atoms with Crippen LogP contribution in [-0.2, 0) is 25.6 Å². The number of benzene rings is 3. The number of aliphatic imine (C=N–C) groups is 1. The van der Waals surface area contributed by atoms with Crippen molar-refractivity contribution in [3.63, 3.8) is 0 Å². The van der Waals surface area contributed by atoms with E-state index in [9.17, 15) is 9.59 Å². The number of rotatable bonds is 13. The summed E-state index contributed by atoms with van der Waals surface area (Å²) in [5.41, 5.74) is 5.79. The first-order valence-electron chi connectivity index (χ1n) is 15.1. The van der Waals surface area contributed by atoms with E-state index >= 15 is 0 Å². The molecule has 0 unspecified atom stereocenters. The molecule has 0 saturated carbocycles. The molecule has 3 aromatic carbocycles. The van der Waals surface area contributed by atoms with Gasteiger partial charge in [-0.25, -0.2) is 10.4 Å². The van der Waals surface area contributed by atoms with Crippen molar-refractivity contribution in [3.8, 4) is 17.2 Å². The van der Waals surface area contributed by atoms with E-state index in [-0.39, 0.29) is 32.1 Å². The second-order valence-electron chi connectivity index (χ2n) is 11.9. The van der Waals surface area contributed by atoms with Gasteiger partial charge in [0.05, 0.1) is 6.61 Å². The Morgan fingerprint density at radius 3 is 2.57 bits per heavy atom. The van der Waals surface area contributed by atoms with Gasteiger partial charge in [0.1, 0.15) is 11.4 Å². The normalized spacial score (nSPS) is 18.5. The van der Waals surface area contributed by atoms with Gasteiger partial charge in [0.25, 0.3) is 5.91 Å². The summed E-state index contributed by atoms with van der Waals surface area (Å²) in [5.74, 6) is 1.25. The molecular weight excluding hydrogens is 658 g/mol. The molecule has 11 nitrogen and oxygen atoms in total. The fourth-order valence-corrected chi connectivity index (χ4v) is 5.60. The highest BCUT2D eigenvalue weighted by Gasteiger charge is 2.54. The first kappa shape index (κ1) is 33.2. The van der Waals surface area contributed by atoms with Crippen LogP contribution in [-0.4, -0.2) is 54.0 Å². The number of halogens is 1. The Balaban J connectivity index is 1.45. The minimum atomic E-state index is -1.55. The van der Waals surface area contributed by atoms with Gasteiger partial charge >= 0.3 is 5.97 Å². The molecule has 0 aliphatic carbocycles. The largest absolute Gasteiger partial charge is 0.494 e. The number of nitrogens with zero attached hydrogens (tertiary/aromatic N) is 1. The zero-order chi connectivity index (χ0) is 32.7. The quantitative estimate of drug-likeness (QED) is 0.126. The minimum absolute atomic E-state index is 0.0112. The van der Waals surface area contributed by atoms with Crippen LogP contribution in [0.1, 0.15) is 62.8 Å². The maximum Gasteiger partial charge on any atom is 0.306 e. The number of nitrogens with one attached hydrogen (secondary N) is 2. The van der Waals surface area contributed by atoms with Crippen LogP contribution < -0.4 is 25.1 Å². The van der Waals surface area contributed by atoms with Crippen LogP contribution in [0.5, 0.6) is 17.2 Å². The molecule has 5 rings (SSSR count). The molecule has 46 heavy (non-hydrogen) atoms. The van der Waals surface area contributed by atoms with Crippen molar-refractivity contribution in [2.24, 2.45) is 4.99 Å². The number of hydrogen-bond acceptors (Lipinski definition) is 10. The van der Waals surface area contributed by atoms with Gasteiger partial charge in [-0.05, 0) is 75.2 Å². The van der Waals surface area contributed by atoms with Gasteiger partial charge < -0.3 is 28.8 Å². The predicted octanol–water partition coefficient (Wildman–Crippen LogP) is 5.14. The van der Waals surface area contributed by atoms with Gasteiger partial charge in [0.2, 0.25) is 12.7 Å². The van der Waals surface area contributed by atoms with Gasteiger partial charge in [0, 0.05) is 41.6 Å². The van der Waals surface area contributed by atoms with Crippen molar-refractivity contribution in [3.05, 3.63) is 87.9 Å². The maximum atomic E-state index is 14.3. The Morgan fingerprint density at radius 1 is 1.07 bits per heavy atom. The molecule has 0 fully saturated rings. The van der Waals surface area contributed by atoms with Gasteiger partial charge in [-0.15, -0.1) is 0 Å². The summed E-state index contributed by atoms with van der Waals surface area (Å²) in [6.45, 7) is 6.26. The second-order valence-corrected chi connectivity index (χ2v) is 12.7. The molecule has 0 spiro atoms. The van der Waals surface area contributed by atoms with Crippen LogP contribution in [0.3, 0.4) is 0 Å². The third-order valence-corrected chi connectivity index (χ3v) is 8.00. The zero-order valence-electron chi connectivity index (χ0n) is 26.0. The van der Waals surface area contributed by atoms with E-state index in [0.717, 1.165) is 10.0 Å². The molecule has 1 amide bonds. The fourth-order valence-electron chi connectivity index (χ4n) is 5.11. The molecule has 2 heterocycles. The number of ether oxygens (including phenoxy) is 5. The van der Waals surface area contributed by atoms with E-state index in [0.29, 0.717) is 47.9 Å². The lowest BCUT2D eigenvalue weighted by molar-refractivity contribution is -0.155. The molecular formula is C34H38BrN3O8. The summed E-state index contributed by atoms with van der Waals surface area (Å²) < 4.78 is 29.4. The van der Waals surface area contributed by atoms with Crippen LogP contribution in [0, 0.1) is 0 Å². The van der Waals surface area contributed by atoms with E-state index in [4.69, 9.17) is 33.8 Å². The third-order valence-electron chi connectivity index (χ3n) is 7.28. The molecule has 0 bridgehead atoms. The molecule has 12 heteroatoms. The molecule has 3 N–H and O–H groups in total. The lowest BCUT2D eigenvalue weighted by Crippen LogP contribution is -2.52. The van der Waals surface area contributed by atoms with Crippen molar-refractivity contribution in [1.29, 1.82) is 0 Å². The molecule has 0 aromatic heterocycles. The molecule has 2 aliphatic heterocycles. The lowest BCUT2D eigenvalue weighted by atomic mass is 9.83. The summed E-state index contributed by atoms with van der Waals surface area (Å²) in [7, 11) is 0. The van der Waals surface area contributed by atoms with Crippen molar-refractivity contribution >= 4 is 33.7 Å². The van der Waals surface area contributed by atoms with Crippen molar-refractivity contribution in [1.82, 2.24) is 10.9 Å². The van der Waals surface area contributed by atoms with E-state index in [1.807, 2.05) is 42.5 Å². The van der Waals surface area contributed by atoms with E-state index < -0.39 is 29.1 Å². The van der Waals surface area contributed by atoms with E-state index in [1.165, 1.54) is 0 Å². The number of carbonyl (C=O) groups is 2. The number of amides is 1. The van der Waals surface area contributed by atoms with E-state index in [1.54, 1.807) is 45.0 Å². The van der Waals surface area contributed by atoms with E-state index in [2.05, 4.69) is 26.8 Å². The number of hydrogen-bond donors (Lipinski definition) is 3. The Bertz CT molecular complexity index is 1570. The van der Waals surface area contributed by atoms with Crippen molar-refractivity contribution < 1.29 is 38.4 Å². The van der Waals surface area contributed by atoms with Crippen LogP contribution in [0.4, 0.5) is 0 Å². The summed E-state index contributed by atoms with van der Waals surface area (Å²) in [4.78, 5) is 32.2. The van der Waals surface area contributed by atoms with Gasteiger partial charge in [-0.3, -0.25) is 15.0 Å². The van der Waals surface area contributed by atoms with Crippen LogP contribution in [0.2, 0.25) is 0 Å². The average Bonchev–Trinajstić information content (AvgIpc) is 3.65. The topological polar surface area (TPSA) is 137 Å². The zero-order valence-corrected chi connectivity index (χ0v) is 27.6. The lowest BCUT2D eigenvalue weighted by Gasteiger charge is -2.31. The molecule has 3 aromatic rings. The Hall–Kier alpha value is -4.13. The van der Waals surface area contributed by atoms with Gasteiger partial charge in [-0.2, -0.15) is 0 Å². The molecule has 0 saturated heterocycles. The Kier molecular flexibility index (Phi) is 10.5. The number of aliphatic hydroxyl groups excluding tert-OH is 1. The highest BCUT2D eigenvalue weighted by Crippen LogP contribution is 2.45. The smallest absolute Gasteiger partial charge is 0.306 e. The number of fused-ring (bicyclic) bond motifs is 1. The number of carbonyl (C=O) groups excluding carboxylic acids is 2. The second kappa shape index (κ2) is 14.5. The Morgan fingerprint density at radius 2 is 1.83 bits per heavy atom. The highest BCUT2D eigenvalue weighted by molar-refractivity contribution is 9.10. The maximum absolute atomic E-state index is 14.3. The molecule has 2 atom stereocenters. The van der Waals surface area contributed by atoms with Crippen molar-refractivity contribution in [2.75, 3.05) is 20.0 Å². The van der Waals surface area contributed by atoms with Crippen LogP contribution >= 0.6 is 15.9 Å². The van der Waals surface area contributed by atoms with Crippen LogP contribution in [0.25, 0.3) is 0 Å². The fraction of sp³-hybridized carbons (Fsp3) is 0.382. The van der Waals surface area contributed by atoms with Crippen LogP contribution in [0.15, 0.2) is 76.2 Å². The third kappa shape index (κ3) is 7.98. The molecule has 0 radical (unpaired) electrons. The average molecular weight is 697 g/mol. The monoisotopic (exact) mass is 695 g/mol. The summed E-state index contributed by atoms with van der Waals surface area (Å²) >= 11 is 3.62. The number of aliphatic hydroxyl groups is 1. The summed E-state index contributed by atoms with van der Waals surface area (Å²) in [6.07, 6.45) is -0.431. The molecule has 244 valence electrons. The van der Waals surface area contributed by atoms with Gasteiger partial charge in [-0.1, -0.05) is 40.2 Å². The van der Waals surface area contributed by atoms with Gasteiger partial charge in [0.15, 0.2) is 23.1 Å². The minimum Gasteiger partial charge on any atom is -0.494 e. The first-order chi connectivity index (χ1) is 22.1. The SMILES string of the molecule is CC(C)(C)OC(=O)CC[C@]1(C(=O)NNCc2ccc3c(c2)OCO3)N=C(c2ccc(OCCCO)cc2)O[C@H]1c1ccccc1Br. The number of esters is 1. The summed E-state index contributed by atoms with van der Waals surface area (Å²) in [5, 5.41) is 9.05. The van der Waals surface area contributed by atoms with Crippen molar-refractivity contribution in [2.45, 2.75) is 63.8 Å². The predicted molar refractivity (Wildman–Crippen MR) is 174 cm³/mol. The Labute approximate surface area is 276 Å². The first-order valence-corrected chi connectivity index (χ1v) is 15.9.